The van der Waals surface area contributed by atoms with Gasteiger partial charge in [0, 0.05) is 17.7 Å². The predicted octanol–water partition coefficient (Wildman–Crippen LogP) is 3.68. The maximum atomic E-state index is 13.6. The number of halogens is 3. The van der Waals surface area contributed by atoms with Crippen LogP contribution in [0.25, 0.3) is 0 Å². The van der Waals surface area contributed by atoms with Crippen molar-refractivity contribution in [3.8, 4) is 0 Å². The lowest BCUT2D eigenvalue weighted by Gasteiger charge is -2.28. The SMILES string of the molecule is N[C@@H](c1cc(F)cc(F)c1F)C1CCCCC1. The van der Waals surface area contributed by atoms with Crippen molar-refractivity contribution in [2.24, 2.45) is 11.7 Å². The van der Waals surface area contributed by atoms with E-state index in [0.717, 1.165) is 38.2 Å². The molecule has 0 saturated heterocycles. The Morgan fingerprint density at radius 2 is 1.71 bits per heavy atom. The largest absolute Gasteiger partial charge is 0.324 e. The summed E-state index contributed by atoms with van der Waals surface area (Å²) in [4.78, 5) is 0. The Morgan fingerprint density at radius 1 is 1.06 bits per heavy atom. The molecule has 1 fully saturated rings. The zero-order valence-corrected chi connectivity index (χ0v) is 9.56. The Labute approximate surface area is 98.8 Å². The van der Waals surface area contributed by atoms with E-state index in [9.17, 15) is 13.2 Å². The van der Waals surface area contributed by atoms with Crippen molar-refractivity contribution >= 4 is 0 Å². The highest BCUT2D eigenvalue weighted by atomic mass is 19.2. The second-order valence-electron chi connectivity index (χ2n) is 4.71. The maximum Gasteiger partial charge on any atom is 0.163 e. The number of hydrogen-bond donors (Lipinski definition) is 1. The fourth-order valence-electron chi connectivity index (χ4n) is 2.57. The van der Waals surface area contributed by atoms with Gasteiger partial charge in [-0.2, -0.15) is 0 Å². The molecule has 1 atom stereocenters. The van der Waals surface area contributed by atoms with Gasteiger partial charge in [-0.3, -0.25) is 0 Å². The first kappa shape index (κ1) is 12.4. The van der Waals surface area contributed by atoms with E-state index >= 15 is 0 Å². The Hall–Kier alpha value is -1.03. The fourth-order valence-corrected chi connectivity index (χ4v) is 2.57. The van der Waals surface area contributed by atoms with Crippen molar-refractivity contribution in [1.29, 1.82) is 0 Å². The van der Waals surface area contributed by atoms with E-state index in [1.54, 1.807) is 0 Å². The quantitative estimate of drug-likeness (QED) is 0.788. The van der Waals surface area contributed by atoms with Crippen molar-refractivity contribution in [1.82, 2.24) is 0 Å². The van der Waals surface area contributed by atoms with Crippen LogP contribution in [0.1, 0.15) is 43.7 Å². The molecule has 94 valence electrons. The summed E-state index contributed by atoms with van der Waals surface area (Å²) in [6, 6.07) is 0.949. The van der Waals surface area contributed by atoms with Gasteiger partial charge < -0.3 is 5.73 Å². The molecular weight excluding hydrogens is 227 g/mol. The van der Waals surface area contributed by atoms with Gasteiger partial charge >= 0.3 is 0 Å². The molecule has 0 unspecified atom stereocenters. The molecule has 0 aromatic heterocycles. The summed E-state index contributed by atoms with van der Waals surface area (Å²) in [6.07, 6.45) is 5.07. The lowest BCUT2D eigenvalue weighted by molar-refractivity contribution is 0.301. The molecule has 0 bridgehead atoms. The average molecular weight is 243 g/mol. The first-order valence-corrected chi connectivity index (χ1v) is 5.99. The average Bonchev–Trinajstić information content (AvgIpc) is 2.34. The third-order valence-corrected chi connectivity index (χ3v) is 3.54. The number of hydrogen-bond acceptors (Lipinski definition) is 1. The summed E-state index contributed by atoms with van der Waals surface area (Å²) in [5, 5.41) is 0. The topological polar surface area (TPSA) is 26.0 Å². The van der Waals surface area contributed by atoms with Crippen LogP contribution < -0.4 is 5.73 Å². The van der Waals surface area contributed by atoms with Gasteiger partial charge in [0.2, 0.25) is 0 Å². The molecule has 17 heavy (non-hydrogen) atoms. The molecule has 1 aliphatic carbocycles. The maximum absolute atomic E-state index is 13.6. The van der Waals surface area contributed by atoms with E-state index in [1.807, 2.05) is 0 Å². The van der Waals surface area contributed by atoms with E-state index in [1.165, 1.54) is 0 Å². The van der Waals surface area contributed by atoms with E-state index in [-0.39, 0.29) is 11.5 Å². The van der Waals surface area contributed by atoms with Crippen molar-refractivity contribution in [3.05, 3.63) is 35.1 Å². The highest BCUT2D eigenvalue weighted by Crippen LogP contribution is 2.34. The summed E-state index contributed by atoms with van der Waals surface area (Å²) in [6.45, 7) is 0. The summed E-state index contributed by atoms with van der Waals surface area (Å²) >= 11 is 0. The summed E-state index contributed by atoms with van der Waals surface area (Å²) in [5.41, 5.74) is 5.90. The van der Waals surface area contributed by atoms with Gasteiger partial charge in [-0.1, -0.05) is 19.3 Å². The second-order valence-corrected chi connectivity index (χ2v) is 4.71. The third kappa shape index (κ3) is 2.63. The van der Waals surface area contributed by atoms with Crippen LogP contribution in [0, 0.1) is 23.4 Å². The van der Waals surface area contributed by atoms with Crippen LogP contribution in [0.3, 0.4) is 0 Å². The first-order valence-electron chi connectivity index (χ1n) is 5.99. The van der Waals surface area contributed by atoms with E-state index in [2.05, 4.69) is 0 Å². The standard InChI is InChI=1S/C13H16F3N/c14-9-6-10(12(16)11(15)7-9)13(17)8-4-2-1-3-5-8/h6-8,13H,1-5,17H2/t13-/m1/s1. The zero-order valence-electron chi connectivity index (χ0n) is 9.56. The Morgan fingerprint density at radius 3 is 2.35 bits per heavy atom. The smallest absolute Gasteiger partial charge is 0.163 e. The molecule has 1 aromatic rings. The lowest BCUT2D eigenvalue weighted by atomic mass is 9.81. The van der Waals surface area contributed by atoms with Crippen LogP contribution in [-0.4, -0.2) is 0 Å². The first-order chi connectivity index (χ1) is 8.09. The second kappa shape index (κ2) is 5.08. The predicted molar refractivity (Wildman–Crippen MR) is 59.8 cm³/mol. The molecule has 2 rings (SSSR count). The van der Waals surface area contributed by atoms with Crippen LogP contribution in [-0.2, 0) is 0 Å². The van der Waals surface area contributed by atoms with E-state index < -0.39 is 23.5 Å². The molecule has 0 radical (unpaired) electrons. The molecule has 4 heteroatoms. The molecule has 2 N–H and O–H groups in total. The zero-order chi connectivity index (χ0) is 12.4. The van der Waals surface area contributed by atoms with Crippen molar-refractivity contribution in [2.45, 2.75) is 38.1 Å². The van der Waals surface area contributed by atoms with Gasteiger partial charge in [-0.25, -0.2) is 13.2 Å². The van der Waals surface area contributed by atoms with Crippen LogP contribution in [0.15, 0.2) is 12.1 Å². The highest BCUT2D eigenvalue weighted by molar-refractivity contribution is 5.24. The Balaban J connectivity index is 2.26. The van der Waals surface area contributed by atoms with Gasteiger partial charge in [0.25, 0.3) is 0 Å². The van der Waals surface area contributed by atoms with Crippen LogP contribution >= 0.6 is 0 Å². The minimum Gasteiger partial charge on any atom is -0.324 e. The van der Waals surface area contributed by atoms with Crippen molar-refractivity contribution in [2.75, 3.05) is 0 Å². The fraction of sp³-hybridized carbons (Fsp3) is 0.538. The Bertz CT molecular complexity index is 400. The molecule has 1 aliphatic rings. The van der Waals surface area contributed by atoms with E-state index in [4.69, 9.17) is 5.73 Å². The van der Waals surface area contributed by atoms with Gasteiger partial charge in [-0.05, 0) is 24.8 Å². The van der Waals surface area contributed by atoms with E-state index in [0.29, 0.717) is 6.07 Å². The minimum atomic E-state index is -1.16. The molecule has 1 nitrogen and oxygen atoms in total. The Kier molecular flexibility index (Phi) is 3.72. The van der Waals surface area contributed by atoms with Gasteiger partial charge in [0.1, 0.15) is 5.82 Å². The molecule has 0 aliphatic heterocycles. The molecule has 1 aromatic carbocycles. The molecule has 1 saturated carbocycles. The molecular formula is C13H16F3N. The number of rotatable bonds is 2. The monoisotopic (exact) mass is 243 g/mol. The highest BCUT2D eigenvalue weighted by Gasteiger charge is 2.25. The van der Waals surface area contributed by atoms with Crippen LogP contribution in [0.5, 0.6) is 0 Å². The van der Waals surface area contributed by atoms with Crippen molar-refractivity contribution in [3.63, 3.8) is 0 Å². The number of benzene rings is 1. The van der Waals surface area contributed by atoms with Crippen LogP contribution in [0.4, 0.5) is 13.2 Å². The van der Waals surface area contributed by atoms with Crippen molar-refractivity contribution < 1.29 is 13.2 Å². The lowest BCUT2D eigenvalue weighted by Crippen LogP contribution is -2.25. The van der Waals surface area contributed by atoms with Crippen LogP contribution in [0.2, 0.25) is 0 Å². The normalized spacial score (nSPS) is 19.3. The molecule has 0 spiro atoms. The summed E-state index contributed by atoms with van der Waals surface area (Å²) < 4.78 is 39.7. The number of nitrogens with two attached hydrogens (primary N) is 1. The minimum absolute atomic E-state index is 0.0330. The summed E-state index contributed by atoms with van der Waals surface area (Å²) in [5.74, 6) is -2.82. The van der Waals surface area contributed by atoms with Gasteiger partial charge in [0.15, 0.2) is 11.6 Å². The molecule has 0 amide bonds. The molecule has 0 heterocycles. The van der Waals surface area contributed by atoms with Gasteiger partial charge in [-0.15, -0.1) is 0 Å². The van der Waals surface area contributed by atoms with Gasteiger partial charge in [0.05, 0.1) is 0 Å². The summed E-state index contributed by atoms with van der Waals surface area (Å²) in [7, 11) is 0. The third-order valence-electron chi connectivity index (χ3n) is 3.54.